The number of carboxylic acid groups (broad SMARTS) is 1. The molecule has 146 valence electrons. The summed E-state index contributed by atoms with van der Waals surface area (Å²) in [5, 5.41) is 35.1. The minimum Gasteiger partial charge on any atom is -0.693 e. The molecule has 10 heteroatoms. The maximum atomic E-state index is 9.00. The number of nitriles is 2. The van der Waals surface area contributed by atoms with Crippen molar-refractivity contribution >= 4 is 29.5 Å². The van der Waals surface area contributed by atoms with Crippen LogP contribution in [0.4, 0.5) is 11.4 Å². The van der Waals surface area contributed by atoms with E-state index in [1.165, 1.54) is 12.4 Å². The number of fused-ring (bicyclic) bond motifs is 3. The number of benzene rings is 1. The Bertz CT molecular complexity index is 771. The molecular weight excluding hydrogens is 435 g/mol. The van der Waals surface area contributed by atoms with E-state index in [1.54, 1.807) is 17.7 Å². The zero-order valence-electron chi connectivity index (χ0n) is 13.4. The molecule has 3 rings (SSSR count). The fraction of sp³-hybridized carbons (Fsp3) is 0.0625. The van der Waals surface area contributed by atoms with E-state index in [9.17, 15) is 0 Å². The second-order valence-electron chi connectivity index (χ2n) is 4.08. The van der Waals surface area contributed by atoms with Gasteiger partial charge in [0.1, 0.15) is 0 Å². The maximum Gasteiger partial charge on any atom is 0.300 e. The van der Waals surface area contributed by atoms with Gasteiger partial charge in [-0.2, -0.15) is 22.9 Å². The third-order valence-corrected chi connectivity index (χ3v) is 2.46. The molecule has 2 aliphatic heterocycles. The first-order valence-corrected chi connectivity index (χ1v) is 6.41. The first-order chi connectivity index (χ1) is 11.1. The van der Waals surface area contributed by atoms with Crippen LogP contribution in [0.1, 0.15) is 6.92 Å². The van der Waals surface area contributed by atoms with Crippen LogP contribution in [0.25, 0.3) is 28.9 Å². The average molecular weight is 450 g/mol. The largest absolute Gasteiger partial charge is 0.693 e. The zero-order valence-corrected chi connectivity index (χ0v) is 15.3. The van der Waals surface area contributed by atoms with Gasteiger partial charge < -0.3 is 21.9 Å². The number of carbonyl (C=O) groups is 1. The molecule has 8 nitrogen and oxygen atoms in total. The van der Waals surface area contributed by atoms with Gasteiger partial charge in [-0.15, -0.1) is 11.4 Å². The number of allylic oxidation sites excluding steroid dienone is 2. The fourth-order valence-corrected chi connectivity index (χ4v) is 1.70. The van der Waals surface area contributed by atoms with Crippen molar-refractivity contribution in [1.29, 1.82) is 10.5 Å². The summed E-state index contributed by atoms with van der Waals surface area (Å²) >= 11 is 0. The van der Waals surface area contributed by atoms with Gasteiger partial charge in [-0.1, -0.05) is 36.4 Å². The molecule has 0 aromatic heterocycles. The molecule has 0 unspecified atom stereocenters. The fourth-order valence-electron chi connectivity index (χ4n) is 1.70. The van der Waals surface area contributed by atoms with Crippen LogP contribution in [0.3, 0.4) is 0 Å². The smallest absolute Gasteiger partial charge is 0.300 e. The van der Waals surface area contributed by atoms with Gasteiger partial charge >= 0.3 is 0 Å². The van der Waals surface area contributed by atoms with Crippen molar-refractivity contribution in [2.24, 2.45) is 0 Å². The van der Waals surface area contributed by atoms with Gasteiger partial charge in [0.05, 0.1) is 0 Å². The summed E-state index contributed by atoms with van der Waals surface area (Å²) in [5.41, 5.74) is 1.95. The van der Waals surface area contributed by atoms with Crippen LogP contribution < -0.4 is 15.8 Å². The number of rotatable bonds is 0. The molecular formula is C16H15Cu2N6O2-3. The van der Waals surface area contributed by atoms with Gasteiger partial charge in [-0.3, -0.25) is 4.79 Å². The Morgan fingerprint density at radius 3 is 1.62 bits per heavy atom. The van der Waals surface area contributed by atoms with Crippen molar-refractivity contribution in [3.05, 3.63) is 63.9 Å². The predicted molar refractivity (Wildman–Crippen MR) is 91.9 cm³/mol. The van der Waals surface area contributed by atoms with Gasteiger partial charge in [0.15, 0.2) is 12.4 Å². The molecule has 4 N–H and O–H groups in total. The number of carboxylic acids is 1. The van der Waals surface area contributed by atoms with E-state index >= 15 is 0 Å². The SMILES string of the molecule is C1=C[N-]c2c3c(ccc2=C1)=CC=C[N-]3.CC(=O)O.N#CNC#N.[Cu].[Cu].[NH2-]. The van der Waals surface area contributed by atoms with E-state index < -0.39 is 5.97 Å². The molecule has 0 saturated carbocycles. The second-order valence-corrected chi connectivity index (χ2v) is 4.08. The molecule has 0 atom stereocenters. The molecule has 1 aromatic carbocycles. The molecule has 1 aromatic rings. The van der Waals surface area contributed by atoms with Crippen LogP contribution in [-0.4, -0.2) is 11.1 Å². The van der Waals surface area contributed by atoms with Gasteiger partial charge in [0.2, 0.25) is 0 Å². The van der Waals surface area contributed by atoms with E-state index in [1.807, 2.05) is 12.2 Å². The van der Waals surface area contributed by atoms with Gasteiger partial charge in [0, 0.05) is 41.1 Å². The molecule has 2 aliphatic rings. The van der Waals surface area contributed by atoms with Crippen LogP contribution in [0, 0.1) is 22.9 Å². The molecule has 26 heavy (non-hydrogen) atoms. The van der Waals surface area contributed by atoms with Crippen molar-refractivity contribution < 1.29 is 44.0 Å². The summed E-state index contributed by atoms with van der Waals surface area (Å²) < 4.78 is 0. The van der Waals surface area contributed by atoms with E-state index in [2.05, 4.69) is 34.9 Å². The molecule has 0 bridgehead atoms. The van der Waals surface area contributed by atoms with Crippen molar-refractivity contribution in [2.75, 3.05) is 0 Å². The van der Waals surface area contributed by atoms with Crippen LogP contribution in [0.5, 0.6) is 0 Å². The van der Waals surface area contributed by atoms with E-state index in [4.69, 9.17) is 20.4 Å². The standard InChI is InChI=1S/C12H8N2.C2HN3.C2H4O2.2Cu.H2N/c1-3-9-5-6-10-4-2-8-14-12(10)11(9)13-7-1;3-1-5-2-4;1-2(3)4;;;/h1-8H;5H;1H3,(H,3,4);;;1H2/q-2;;;;;-1. The van der Waals surface area contributed by atoms with Gasteiger partial charge in [-0.25, -0.2) is 5.32 Å². The number of aliphatic carboxylic acids is 1. The molecule has 0 spiro atoms. The Morgan fingerprint density at radius 1 is 1.00 bits per heavy atom. The molecule has 0 fully saturated rings. The molecule has 0 amide bonds. The van der Waals surface area contributed by atoms with Crippen molar-refractivity contribution in [2.45, 2.75) is 6.92 Å². The summed E-state index contributed by atoms with van der Waals surface area (Å²) in [6.07, 6.45) is 14.4. The molecule has 0 saturated heterocycles. The number of hydrogen-bond donors (Lipinski definition) is 2. The summed E-state index contributed by atoms with van der Waals surface area (Å²) in [6, 6.07) is 4.15. The first-order valence-electron chi connectivity index (χ1n) is 6.41. The summed E-state index contributed by atoms with van der Waals surface area (Å²) in [6.45, 7) is 1.08. The van der Waals surface area contributed by atoms with Crippen LogP contribution in [-0.2, 0) is 38.9 Å². The van der Waals surface area contributed by atoms with Gasteiger partial charge in [-0.05, 0) is 10.4 Å². The topological polar surface area (TPSA) is 159 Å². The minimum atomic E-state index is -0.833. The minimum absolute atomic E-state index is 0. The van der Waals surface area contributed by atoms with E-state index in [0.29, 0.717) is 0 Å². The number of nitrogens with zero attached hydrogens (tertiary/aromatic N) is 4. The summed E-state index contributed by atoms with van der Waals surface area (Å²) in [5.74, 6) is -0.833. The first kappa shape index (κ1) is 28.1. The Labute approximate surface area is 172 Å². The van der Waals surface area contributed by atoms with E-state index in [0.717, 1.165) is 28.7 Å². The zero-order chi connectivity index (χ0) is 17.1. The third-order valence-electron chi connectivity index (χ3n) is 2.46. The summed E-state index contributed by atoms with van der Waals surface area (Å²) in [4.78, 5) is 9.00. The third kappa shape index (κ3) is 9.55. The van der Waals surface area contributed by atoms with Crippen molar-refractivity contribution in [1.82, 2.24) is 5.32 Å². The summed E-state index contributed by atoms with van der Waals surface area (Å²) in [7, 11) is 0. The Balaban J connectivity index is -0.000000382. The van der Waals surface area contributed by atoms with Gasteiger partial charge in [0.25, 0.3) is 5.97 Å². The normalized spacial score (nSPS) is 9.96. The predicted octanol–water partition coefficient (Wildman–Crippen LogP) is 2.65. The average Bonchev–Trinajstić information content (AvgIpc) is 2.56. The van der Waals surface area contributed by atoms with E-state index in [-0.39, 0.29) is 40.3 Å². The van der Waals surface area contributed by atoms with Crippen LogP contribution in [0.2, 0.25) is 0 Å². The Hall–Kier alpha value is -2.71. The van der Waals surface area contributed by atoms with Crippen molar-refractivity contribution in [3.63, 3.8) is 0 Å². The number of nitrogens with one attached hydrogen (secondary N) is 1. The monoisotopic (exact) mass is 449 g/mol. The van der Waals surface area contributed by atoms with Crippen molar-refractivity contribution in [3.8, 4) is 12.4 Å². The number of nitrogens with two attached hydrogens (primary N) is 1. The quantitative estimate of drug-likeness (QED) is 0.353. The molecule has 0 aliphatic carbocycles. The molecule has 2 radical (unpaired) electrons. The maximum absolute atomic E-state index is 9.00. The molecule has 2 heterocycles. The second kappa shape index (κ2) is 15.8. The number of hydrogen-bond acceptors (Lipinski definition) is 4. The van der Waals surface area contributed by atoms with Crippen LogP contribution >= 0.6 is 0 Å². The Morgan fingerprint density at radius 2 is 1.35 bits per heavy atom. The van der Waals surface area contributed by atoms with Crippen LogP contribution in [0.15, 0.2) is 36.7 Å². The Kier molecular flexibility index (Phi) is 17.1.